The van der Waals surface area contributed by atoms with Gasteiger partial charge < -0.3 is 10.8 Å². The highest BCUT2D eigenvalue weighted by Gasteiger charge is 2.05. The molecule has 0 radical (unpaired) electrons. The number of benzene rings is 1. The summed E-state index contributed by atoms with van der Waals surface area (Å²) in [6, 6.07) is 3.24. The molecule has 0 spiro atoms. The Bertz CT molecular complexity index is 440. The average molecular weight is 209 g/mol. The Hall–Kier alpha value is -2.17. The van der Waals surface area contributed by atoms with Crippen molar-refractivity contribution in [3.05, 3.63) is 41.2 Å². The fraction of sp³-hybridized carbons (Fsp3) is 0. The summed E-state index contributed by atoms with van der Waals surface area (Å²) < 4.78 is 12.9. The van der Waals surface area contributed by atoms with Crippen LogP contribution in [0.1, 0.15) is 15.9 Å². The second kappa shape index (κ2) is 4.36. The summed E-state index contributed by atoms with van der Waals surface area (Å²) in [6.07, 6.45) is 2.28. The van der Waals surface area contributed by atoms with Crippen LogP contribution in [0.4, 0.5) is 4.39 Å². The summed E-state index contributed by atoms with van der Waals surface area (Å²) in [4.78, 5) is 21.0. The maximum Gasteiger partial charge on any atom is 0.335 e. The Morgan fingerprint density at radius 3 is 2.53 bits per heavy atom. The van der Waals surface area contributed by atoms with Gasteiger partial charge in [-0.25, -0.2) is 9.18 Å². The quantitative estimate of drug-likeness (QED) is 0.729. The molecule has 15 heavy (non-hydrogen) atoms. The van der Waals surface area contributed by atoms with Crippen molar-refractivity contribution in [2.75, 3.05) is 0 Å². The average Bonchev–Trinajstić information content (AvgIpc) is 2.13. The Morgan fingerprint density at radius 1 is 1.33 bits per heavy atom. The van der Waals surface area contributed by atoms with Crippen molar-refractivity contribution in [3.8, 4) is 0 Å². The van der Waals surface area contributed by atoms with Crippen molar-refractivity contribution in [2.45, 2.75) is 0 Å². The largest absolute Gasteiger partial charge is 0.478 e. The number of carbonyl (C=O) groups excluding carboxylic acids is 1. The molecule has 0 atom stereocenters. The maximum absolute atomic E-state index is 12.9. The van der Waals surface area contributed by atoms with Gasteiger partial charge in [0.25, 0.3) is 0 Å². The molecule has 0 bridgehead atoms. The Balaban J connectivity index is 3.09. The van der Waals surface area contributed by atoms with Gasteiger partial charge in [0.05, 0.1) is 5.56 Å². The first-order valence-electron chi connectivity index (χ1n) is 4.00. The molecule has 0 fully saturated rings. The monoisotopic (exact) mass is 209 g/mol. The third-order valence-corrected chi connectivity index (χ3v) is 1.61. The minimum Gasteiger partial charge on any atom is -0.478 e. The highest BCUT2D eigenvalue weighted by atomic mass is 19.1. The SMILES string of the molecule is NC(=O)C=Cc1cc(F)cc(C(=O)O)c1. The van der Waals surface area contributed by atoms with Crippen LogP contribution >= 0.6 is 0 Å². The minimum atomic E-state index is -1.23. The zero-order valence-electron chi connectivity index (χ0n) is 7.61. The number of rotatable bonds is 3. The van der Waals surface area contributed by atoms with E-state index in [-0.39, 0.29) is 11.1 Å². The second-order valence-electron chi connectivity index (χ2n) is 2.81. The molecule has 1 amide bonds. The van der Waals surface area contributed by atoms with Crippen molar-refractivity contribution in [1.82, 2.24) is 0 Å². The number of carboxylic acid groups (broad SMARTS) is 1. The topological polar surface area (TPSA) is 80.4 Å². The number of amides is 1. The van der Waals surface area contributed by atoms with E-state index in [9.17, 15) is 14.0 Å². The van der Waals surface area contributed by atoms with Gasteiger partial charge in [0.1, 0.15) is 5.82 Å². The summed E-state index contributed by atoms with van der Waals surface area (Å²) in [5.74, 6) is -2.60. The zero-order valence-corrected chi connectivity index (χ0v) is 7.61. The smallest absolute Gasteiger partial charge is 0.335 e. The van der Waals surface area contributed by atoms with Crippen LogP contribution in [-0.2, 0) is 4.79 Å². The van der Waals surface area contributed by atoms with Gasteiger partial charge in [-0.1, -0.05) is 0 Å². The van der Waals surface area contributed by atoms with Gasteiger partial charge >= 0.3 is 5.97 Å². The molecule has 0 saturated heterocycles. The molecule has 0 aromatic heterocycles. The molecule has 0 aliphatic heterocycles. The standard InChI is InChI=1S/C10H8FNO3/c11-8-4-6(1-2-9(12)13)3-7(5-8)10(14)15/h1-5H,(H2,12,13)(H,14,15). The van der Waals surface area contributed by atoms with Gasteiger partial charge in [0.15, 0.2) is 0 Å². The number of carbonyl (C=O) groups is 2. The number of aromatic carboxylic acids is 1. The fourth-order valence-electron chi connectivity index (χ4n) is 1.01. The van der Waals surface area contributed by atoms with Crippen LogP contribution in [0.2, 0.25) is 0 Å². The molecule has 0 aliphatic carbocycles. The lowest BCUT2D eigenvalue weighted by molar-refractivity contribution is -0.113. The molecule has 1 aromatic carbocycles. The van der Waals surface area contributed by atoms with E-state index in [4.69, 9.17) is 10.8 Å². The van der Waals surface area contributed by atoms with E-state index in [0.29, 0.717) is 0 Å². The van der Waals surface area contributed by atoms with Crippen molar-refractivity contribution in [1.29, 1.82) is 0 Å². The van der Waals surface area contributed by atoms with Crippen molar-refractivity contribution < 1.29 is 19.1 Å². The first-order valence-corrected chi connectivity index (χ1v) is 4.00. The number of halogens is 1. The normalized spacial score (nSPS) is 10.5. The molecular formula is C10H8FNO3. The van der Waals surface area contributed by atoms with Crippen molar-refractivity contribution >= 4 is 18.0 Å². The Labute approximate surface area is 84.8 Å². The second-order valence-corrected chi connectivity index (χ2v) is 2.81. The van der Waals surface area contributed by atoms with E-state index in [2.05, 4.69) is 0 Å². The van der Waals surface area contributed by atoms with E-state index in [1.807, 2.05) is 0 Å². The molecule has 5 heteroatoms. The predicted octanol–water partition coefficient (Wildman–Crippen LogP) is 1.02. The fourth-order valence-corrected chi connectivity index (χ4v) is 1.01. The van der Waals surface area contributed by atoms with Crippen LogP contribution < -0.4 is 5.73 Å². The molecule has 0 aliphatic rings. The summed E-state index contributed by atoms with van der Waals surface area (Å²) in [5.41, 5.74) is 4.93. The lowest BCUT2D eigenvalue weighted by Gasteiger charge is -1.98. The van der Waals surface area contributed by atoms with Crippen molar-refractivity contribution in [3.63, 3.8) is 0 Å². The van der Waals surface area contributed by atoms with Gasteiger partial charge in [-0.3, -0.25) is 4.79 Å². The lowest BCUT2D eigenvalue weighted by Crippen LogP contribution is -2.05. The van der Waals surface area contributed by atoms with E-state index in [1.54, 1.807) is 0 Å². The minimum absolute atomic E-state index is 0.181. The third-order valence-electron chi connectivity index (χ3n) is 1.61. The summed E-state index contributed by atoms with van der Waals surface area (Å²) in [7, 11) is 0. The maximum atomic E-state index is 12.9. The molecule has 1 rings (SSSR count). The molecule has 4 nitrogen and oxygen atoms in total. The molecule has 0 heterocycles. The Kier molecular flexibility index (Phi) is 3.17. The van der Waals surface area contributed by atoms with Crippen molar-refractivity contribution in [2.24, 2.45) is 5.73 Å². The van der Waals surface area contributed by atoms with Gasteiger partial charge in [-0.05, 0) is 29.8 Å². The van der Waals surface area contributed by atoms with Gasteiger partial charge in [0, 0.05) is 6.08 Å². The summed E-state index contributed by atoms with van der Waals surface area (Å²) in [5, 5.41) is 8.63. The summed E-state index contributed by atoms with van der Waals surface area (Å²) >= 11 is 0. The van der Waals surface area contributed by atoms with E-state index in [0.717, 1.165) is 18.2 Å². The van der Waals surface area contributed by atoms with Crippen LogP contribution in [0.25, 0.3) is 6.08 Å². The third kappa shape index (κ3) is 3.22. The number of primary amides is 1. The highest BCUT2D eigenvalue weighted by Crippen LogP contribution is 2.10. The van der Waals surface area contributed by atoms with Crippen LogP contribution in [0.5, 0.6) is 0 Å². The molecule has 78 valence electrons. The first-order chi connectivity index (χ1) is 6.99. The summed E-state index contributed by atoms with van der Waals surface area (Å²) in [6.45, 7) is 0. The van der Waals surface area contributed by atoms with Gasteiger partial charge in [-0.15, -0.1) is 0 Å². The number of carboxylic acids is 1. The van der Waals surface area contributed by atoms with Crippen LogP contribution in [0.15, 0.2) is 24.3 Å². The van der Waals surface area contributed by atoms with Gasteiger partial charge in [0.2, 0.25) is 5.91 Å². The van der Waals surface area contributed by atoms with Crippen LogP contribution in [0.3, 0.4) is 0 Å². The van der Waals surface area contributed by atoms with E-state index >= 15 is 0 Å². The molecule has 1 aromatic rings. The lowest BCUT2D eigenvalue weighted by atomic mass is 10.1. The molecule has 0 unspecified atom stereocenters. The van der Waals surface area contributed by atoms with Crippen LogP contribution in [-0.4, -0.2) is 17.0 Å². The highest BCUT2D eigenvalue weighted by molar-refractivity contribution is 5.91. The number of nitrogens with two attached hydrogens (primary N) is 1. The van der Waals surface area contributed by atoms with Gasteiger partial charge in [-0.2, -0.15) is 0 Å². The molecule has 0 saturated carbocycles. The number of hydrogen-bond donors (Lipinski definition) is 2. The Morgan fingerprint density at radius 2 is 2.00 bits per heavy atom. The first kappa shape index (κ1) is 10.9. The number of hydrogen-bond acceptors (Lipinski definition) is 2. The van der Waals surface area contributed by atoms with E-state index in [1.165, 1.54) is 12.1 Å². The predicted molar refractivity (Wildman–Crippen MR) is 51.6 cm³/mol. The molecule has 3 N–H and O–H groups in total. The van der Waals surface area contributed by atoms with Crippen LogP contribution in [0, 0.1) is 5.82 Å². The zero-order chi connectivity index (χ0) is 11.4. The van der Waals surface area contributed by atoms with E-state index < -0.39 is 17.7 Å². The molecular weight excluding hydrogens is 201 g/mol.